The minimum atomic E-state index is 0.459. The lowest BCUT2D eigenvalue weighted by Gasteiger charge is -2.31. The second-order valence-corrected chi connectivity index (χ2v) is 8.32. The van der Waals surface area contributed by atoms with E-state index in [1.54, 1.807) is 0 Å². The van der Waals surface area contributed by atoms with Crippen LogP contribution < -0.4 is 0 Å². The predicted molar refractivity (Wildman–Crippen MR) is 68.4 cm³/mol. The van der Waals surface area contributed by atoms with Gasteiger partial charge in [-0.1, -0.05) is 63.1 Å². The molecule has 0 nitrogen and oxygen atoms in total. The molecule has 0 bridgehead atoms. The van der Waals surface area contributed by atoms with E-state index < -0.39 is 0 Å². The zero-order valence-corrected chi connectivity index (χ0v) is 11.6. The summed E-state index contributed by atoms with van der Waals surface area (Å²) >= 11 is 0. The monoisotopic (exact) mass is 220 g/mol. The van der Waals surface area contributed by atoms with Crippen LogP contribution in [-0.4, -0.2) is 11.5 Å². The summed E-state index contributed by atoms with van der Waals surface area (Å²) in [5, 5.41) is 0. The molecule has 0 aromatic carbocycles. The van der Waals surface area contributed by atoms with Crippen LogP contribution in [0.4, 0.5) is 0 Å². The van der Waals surface area contributed by atoms with E-state index in [-0.39, 0.29) is 0 Å². The first-order valence-corrected chi connectivity index (χ1v) is 7.50. The van der Waals surface area contributed by atoms with Crippen LogP contribution in [0.3, 0.4) is 0 Å². The van der Waals surface area contributed by atoms with E-state index in [0.29, 0.717) is 10.8 Å². The van der Waals surface area contributed by atoms with Crippen molar-refractivity contribution in [2.45, 2.75) is 48.0 Å². The summed E-state index contributed by atoms with van der Waals surface area (Å²) in [7, 11) is 4.00. The van der Waals surface area contributed by atoms with Crippen molar-refractivity contribution >= 4 is 21.6 Å². The Morgan fingerprint density at radius 3 is 1.85 bits per heavy atom. The van der Waals surface area contributed by atoms with E-state index in [2.05, 4.69) is 41.5 Å². The maximum Gasteiger partial charge on any atom is 0.00885 e. The summed E-state index contributed by atoms with van der Waals surface area (Å²) in [6, 6.07) is 0. The molecule has 0 amide bonds. The molecule has 2 heteroatoms. The van der Waals surface area contributed by atoms with Gasteiger partial charge >= 0.3 is 0 Å². The van der Waals surface area contributed by atoms with Gasteiger partial charge in [0.15, 0.2) is 0 Å². The quantitative estimate of drug-likeness (QED) is 0.480. The number of rotatable bonds is 5. The highest BCUT2D eigenvalue weighted by atomic mass is 33.1. The van der Waals surface area contributed by atoms with Gasteiger partial charge in [-0.05, 0) is 17.3 Å². The molecule has 0 aromatic heterocycles. The van der Waals surface area contributed by atoms with E-state index in [4.69, 9.17) is 0 Å². The average Bonchev–Trinajstić information content (AvgIpc) is 1.81. The Bertz CT molecular complexity index is 134. The van der Waals surface area contributed by atoms with E-state index in [1.807, 2.05) is 21.6 Å². The van der Waals surface area contributed by atoms with Crippen LogP contribution in [0.15, 0.2) is 0 Å². The fourth-order valence-electron chi connectivity index (χ4n) is 1.77. The topological polar surface area (TPSA) is 0 Å². The van der Waals surface area contributed by atoms with Crippen LogP contribution in [0.25, 0.3) is 0 Å². The highest BCUT2D eigenvalue weighted by Crippen LogP contribution is 2.38. The Morgan fingerprint density at radius 1 is 0.923 bits per heavy atom. The first-order valence-electron chi connectivity index (χ1n) is 5.01. The van der Waals surface area contributed by atoms with Crippen LogP contribution in [0.2, 0.25) is 0 Å². The normalized spacial score (nSPS) is 13.4. The molecule has 80 valence electrons. The maximum atomic E-state index is 2.38. The van der Waals surface area contributed by atoms with Gasteiger partial charge in [-0.2, -0.15) is 0 Å². The van der Waals surface area contributed by atoms with E-state index in [1.165, 1.54) is 17.9 Å². The second kappa shape index (κ2) is 5.55. The van der Waals surface area contributed by atoms with Crippen molar-refractivity contribution in [2.75, 3.05) is 11.5 Å². The Labute approximate surface area is 92.0 Å². The zero-order chi connectivity index (χ0) is 10.5. The third-order valence-electron chi connectivity index (χ3n) is 1.66. The van der Waals surface area contributed by atoms with E-state index in [9.17, 15) is 0 Å². The second-order valence-electron chi connectivity index (χ2n) is 5.57. The molecule has 0 fully saturated rings. The van der Waals surface area contributed by atoms with Crippen molar-refractivity contribution < 1.29 is 0 Å². The maximum absolute atomic E-state index is 2.38. The van der Waals surface area contributed by atoms with Gasteiger partial charge < -0.3 is 0 Å². The molecule has 0 aliphatic carbocycles. The van der Waals surface area contributed by atoms with Gasteiger partial charge in [0, 0.05) is 11.5 Å². The summed E-state index contributed by atoms with van der Waals surface area (Å²) in [5.41, 5.74) is 0.937. The van der Waals surface area contributed by atoms with Crippen molar-refractivity contribution in [3.63, 3.8) is 0 Å². The van der Waals surface area contributed by atoms with Gasteiger partial charge in [0.05, 0.1) is 0 Å². The number of hydrogen-bond acceptors (Lipinski definition) is 2. The van der Waals surface area contributed by atoms with Gasteiger partial charge in [-0.15, -0.1) is 0 Å². The zero-order valence-electron chi connectivity index (χ0n) is 9.94. The molecule has 0 rings (SSSR count). The van der Waals surface area contributed by atoms with E-state index >= 15 is 0 Å². The van der Waals surface area contributed by atoms with Crippen molar-refractivity contribution in [3.8, 4) is 0 Å². The van der Waals surface area contributed by atoms with E-state index in [0.717, 1.165) is 0 Å². The summed E-state index contributed by atoms with van der Waals surface area (Å²) in [4.78, 5) is 0. The molecular weight excluding hydrogens is 196 g/mol. The Balaban J connectivity index is 3.80. The van der Waals surface area contributed by atoms with Crippen LogP contribution in [0.5, 0.6) is 0 Å². The van der Waals surface area contributed by atoms with Gasteiger partial charge in [0.2, 0.25) is 0 Å². The fourth-order valence-corrected chi connectivity index (χ4v) is 4.15. The molecule has 0 aromatic rings. The van der Waals surface area contributed by atoms with Crippen LogP contribution in [0, 0.1) is 10.8 Å². The van der Waals surface area contributed by atoms with Crippen molar-refractivity contribution in [1.29, 1.82) is 0 Å². The van der Waals surface area contributed by atoms with Crippen LogP contribution in [-0.2, 0) is 0 Å². The SMILES string of the molecule is CCSSCC(C)(C)CC(C)(C)C. The first kappa shape index (κ1) is 13.7. The largest absolute Gasteiger partial charge is 0.0944 e. The Morgan fingerprint density at radius 2 is 1.46 bits per heavy atom. The molecule has 0 saturated carbocycles. The van der Waals surface area contributed by atoms with Gasteiger partial charge in [-0.3, -0.25) is 0 Å². The number of hydrogen-bond donors (Lipinski definition) is 0. The van der Waals surface area contributed by atoms with Gasteiger partial charge in [0.1, 0.15) is 0 Å². The minimum Gasteiger partial charge on any atom is -0.0944 e. The molecule has 0 unspecified atom stereocenters. The van der Waals surface area contributed by atoms with Gasteiger partial charge in [0.25, 0.3) is 0 Å². The molecular formula is C11H24S2. The highest BCUT2D eigenvalue weighted by molar-refractivity contribution is 8.76. The molecule has 0 heterocycles. The smallest absolute Gasteiger partial charge is 0.00885 e. The highest BCUT2D eigenvalue weighted by Gasteiger charge is 2.25. The average molecular weight is 220 g/mol. The molecule has 0 radical (unpaired) electrons. The molecule has 0 N–H and O–H groups in total. The lowest BCUT2D eigenvalue weighted by atomic mass is 9.77. The molecule has 13 heavy (non-hydrogen) atoms. The Kier molecular flexibility index (Phi) is 5.85. The van der Waals surface area contributed by atoms with Crippen molar-refractivity contribution in [3.05, 3.63) is 0 Å². The Hall–Kier alpha value is 0.700. The van der Waals surface area contributed by atoms with Crippen molar-refractivity contribution in [1.82, 2.24) is 0 Å². The standard InChI is InChI=1S/C11H24S2/c1-7-12-13-9-11(5,6)8-10(2,3)4/h7-9H2,1-6H3. The van der Waals surface area contributed by atoms with Crippen LogP contribution in [0.1, 0.15) is 48.0 Å². The first-order chi connectivity index (χ1) is 5.77. The van der Waals surface area contributed by atoms with Crippen molar-refractivity contribution in [2.24, 2.45) is 10.8 Å². The molecule has 0 atom stereocenters. The lowest BCUT2D eigenvalue weighted by Crippen LogP contribution is -2.22. The molecule has 0 aliphatic rings. The molecule has 0 aliphatic heterocycles. The summed E-state index contributed by atoms with van der Waals surface area (Å²) in [6.45, 7) is 13.9. The molecule has 0 saturated heterocycles. The van der Waals surface area contributed by atoms with Crippen LogP contribution >= 0.6 is 21.6 Å². The summed E-state index contributed by atoms with van der Waals surface area (Å²) < 4.78 is 0. The minimum absolute atomic E-state index is 0.459. The lowest BCUT2D eigenvalue weighted by molar-refractivity contribution is 0.239. The molecule has 0 spiro atoms. The third kappa shape index (κ3) is 9.01. The fraction of sp³-hybridized carbons (Fsp3) is 1.00. The summed E-state index contributed by atoms with van der Waals surface area (Å²) in [6.07, 6.45) is 1.30. The summed E-state index contributed by atoms with van der Waals surface area (Å²) in [5.74, 6) is 2.49. The third-order valence-corrected chi connectivity index (χ3v) is 4.52. The predicted octanol–water partition coefficient (Wildman–Crippen LogP) is 4.85. The van der Waals surface area contributed by atoms with Gasteiger partial charge in [-0.25, -0.2) is 0 Å².